The van der Waals surface area contributed by atoms with Gasteiger partial charge in [-0.05, 0) is 42.2 Å². The summed E-state index contributed by atoms with van der Waals surface area (Å²) in [7, 11) is 0. The summed E-state index contributed by atoms with van der Waals surface area (Å²) in [6.45, 7) is 0.843. The number of ether oxygens (including phenoxy) is 2. The summed E-state index contributed by atoms with van der Waals surface area (Å²) < 4.78 is 51.5. The molecule has 1 saturated heterocycles. The first-order chi connectivity index (χ1) is 15.9. The summed E-state index contributed by atoms with van der Waals surface area (Å²) in [5, 5.41) is 2.69. The topological polar surface area (TPSA) is 47.6 Å². The Morgan fingerprint density at radius 1 is 1.00 bits per heavy atom. The average molecular weight is 455 g/mol. The summed E-state index contributed by atoms with van der Waals surface area (Å²) >= 11 is 0. The van der Waals surface area contributed by atoms with Crippen LogP contribution in [0.1, 0.15) is 35.4 Å². The summed E-state index contributed by atoms with van der Waals surface area (Å²) in [4.78, 5) is 13.4. The highest BCUT2D eigenvalue weighted by molar-refractivity contribution is 5.99. The highest BCUT2D eigenvalue weighted by Crippen LogP contribution is 2.36. The number of benzene rings is 3. The number of amides is 1. The van der Waals surface area contributed by atoms with Crippen LogP contribution < -0.4 is 10.1 Å². The number of rotatable bonds is 7. The maximum atomic E-state index is 13.4. The second-order valence-electron chi connectivity index (χ2n) is 7.90. The Hall–Kier alpha value is -3.32. The molecule has 33 heavy (non-hydrogen) atoms. The van der Waals surface area contributed by atoms with E-state index in [0.717, 1.165) is 36.1 Å². The Labute approximate surface area is 190 Å². The zero-order chi connectivity index (χ0) is 23.3. The molecule has 3 aromatic carbocycles. The van der Waals surface area contributed by atoms with Crippen molar-refractivity contribution in [3.8, 4) is 5.75 Å². The molecule has 1 atom stereocenters. The predicted molar refractivity (Wildman–Crippen MR) is 119 cm³/mol. The van der Waals surface area contributed by atoms with Crippen LogP contribution in [-0.4, -0.2) is 25.2 Å². The largest absolute Gasteiger partial charge is 0.489 e. The lowest BCUT2D eigenvalue weighted by atomic mass is 9.90. The van der Waals surface area contributed by atoms with Crippen molar-refractivity contribution in [1.82, 2.24) is 0 Å². The van der Waals surface area contributed by atoms with E-state index in [-0.39, 0.29) is 24.1 Å². The molecule has 4 rings (SSSR count). The Kier molecular flexibility index (Phi) is 6.99. The van der Waals surface area contributed by atoms with Crippen LogP contribution in [0.15, 0.2) is 78.9 Å². The van der Waals surface area contributed by atoms with E-state index in [1.165, 1.54) is 6.07 Å². The minimum atomic E-state index is -4.55. The van der Waals surface area contributed by atoms with Crippen LogP contribution in [0.25, 0.3) is 0 Å². The molecule has 0 spiro atoms. The van der Waals surface area contributed by atoms with Crippen molar-refractivity contribution in [3.63, 3.8) is 0 Å². The monoisotopic (exact) mass is 455 g/mol. The van der Waals surface area contributed by atoms with Crippen molar-refractivity contribution in [2.75, 3.05) is 18.5 Å². The standard InChI is InChI=1S/C26H24F3NO3/c27-26(28,29)20-13-14-23(33-17-21-12-7-15-32-21)22(16-20)30-25(31)24(18-8-3-1-4-9-18)19-10-5-2-6-11-19/h1-6,8-11,13-14,16,21,24H,7,12,15,17H2,(H,30,31)/t21-/m0/s1. The fraction of sp³-hybridized carbons (Fsp3) is 0.269. The van der Waals surface area contributed by atoms with Crippen LogP contribution >= 0.6 is 0 Å². The molecule has 1 amide bonds. The fourth-order valence-corrected chi connectivity index (χ4v) is 3.88. The van der Waals surface area contributed by atoms with Crippen molar-refractivity contribution in [3.05, 3.63) is 95.6 Å². The van der Waals surface area contributed by atoms with E-state index in [1.54, 1.807) is 0 Å². The van der Waals surface area contributed by atoms with Gasteiger partial charge in [-0.2, -0.15) is 13.2 Å². The van der Waals surface area contributed by atoms with Gasteiger partial charge in [0.05, 0.1) is 23.3 Å². The van der Waals surface area contributed by atoms with Crippen LogP contribution in [0.3, 0.4) is 0 Å². The molecular formula is C26H24F3NO3. The van der Waals surface area contributed by atoms with Gasteiger partial charge in [0.2, 0.25) is 5.91 Å². The first-order valence-corrected chi connectivity index (χ1v) is 10.8. The van der Waals surface area contributed by atoms with Gasteiger partial charge in [0.15, 0.2) is 0 Å². The predicted octanol–water partition coefficient (Wildman–Crippen LogP) is 6.03. The van der Waals surface area contributed by atoms with Gasteiger partial charge in [0.25, 0.3) is 0 Å². The third-order valence-electron chi connectivity index (χ3n) is 5.54. The Morgan fingerprint density at radius 3 is 2.18 bits per heavy atom. The van der Waals surface area contributed by atoms with Crippen molar-refractivity contribution in [2.45, 2.75) is 31.0 Å². The van der Waals surface area contributed by atoms with Gasteiger partial charge in [-0.3, -0.25) is 4.79 Å². The lowest BCUT2D eigenvalue weighted by molar-refractivity contribution is -0.137. The van der Waals surface area contributed by atoms with E-state index in [2.05, 4.69) is 5.32 Å². The normalized spacial score (nSPS) is 16.1. The second kappa shape index (κ2) is 10.1. The van der Waals surface area contributed by atoms with E-state index < -0.39 is 23.6 Å². The second-order valence-corrected chi connectivity index (χ2v) is 7.90. The Balaban J connectivity index is 1.64. The van der Waals surface area contributed by atoms with Gasteiger partial charge in [0, 0.05) is 6.61 Å². The zero-order valence-electron chi connectivity index (χ0n) is 17.8. The smallest absolute Gasteiger partial charge is 0.416 e. The van der Waals surface area contributed by atoms with E-state index in [0.29, 0.717) is 6.61 Å². The number of alkyl halides is 3. The van der Waals surface area contributed by atoms with E-state index in [4.69, 9.17) is 9.47 Å². The van der Waals surface area contributed by atoms with Crippen molar-refractivity contribution >= 4 is 11.6 Å². The summed E-state index contributed by atoms with van der Waals surface area (Å²) in [6, 6.07) is 21.3. The molecule has 1 aliphatic rings. The highest BCUT2D eigenvalue weighted by Gasteiger charge is 2.32. The molecule has 0 saturated carbocycles. The number of nitrogens with one attached hydrogen (secondary N) is 1. The van der Waals surface area contributed by atoms with Crippen molar-refractivity contribution in [2.24, 2.45) is 0 Å². The molecule has 0 radical (unpaired) electrons. The number of hydrogen-bond donors (Lipinski definition) is 1. The molecule has 3 aromatic rings. The van der Waals surface area contributed by atoms with Gasteiger partial charge in [-0.1, -0.05) is 60.7 Å². The van der Waals surface area contributed by atoms with E-state index in [9.17, 15) is 18.0 Å². The maximum absolute atomic E-state index is 13.4. The number of carbonyl (C=O) groups is 1. The van der Waals surface area contributed by atoms with Crippen molar-refractivity contribution < 1.29 is 27.4 Å². The first-order valence-electron chi connectivity index (χ1n) is 10.8. The van der Waals surface area contributed by atoms with E-state index >= 15 is 0 Å². The number of carbonyl (C=O) groups excluding carboxylic acids is 1. The van der Waals surface area contributed by atoms with Crippen LogP contribution in [0.5, 0.6) is 5.75 Å². The average Bonchev–Trinajstić information content (AvgIpc) is 3.33. The lowest BCUT2D eigenvalue weighted by Gasteiger charge is -2.21. The third-order valence-corrected chi connectivity index (χ3v) is 5.54. The molecule has 172 valence electrons. The highest BCUT2D eigenvalue weighted by atomic mass is 19.4. The molecular weight excluding hydrogens is 431 g/mol. The molecule has 1 aliphatic heterocycles. The molecule has 0 bridgehead atoms. The van der Waals surface area contributed by atoms with Gasteiger partial charge in [-0.25, -0.2) is 0 Å². The summed E-state index contributed by atoms with van der Waals surface area (Å²) in [5.41, 5.74) is 0.577. The van der Waals surface area contributed by atoms with Gasteiger partial charge in [0.1, 0.15) is 12.4 Å². The molecule has 0 aromatic heterocycles. The van der Waals surface area contributed by atoms with Crippen LogP contribution in [0, 0.1) is 0 Å². The molecule has 1 heterocycles. The summed E-state index contributed by atoms with van der Waals surface area (Å²) in [5.74, 6) is -0.978. The third kappa shape index (κ3) is 5.73. The first kappa shape index (κ1) is 22.9. The van der Waals surface area contributed by atoms with Gasteiger partial charge in [-0.15, -0.1) is 0 Å². The molecule has 7 heteroatoms. The fourth-order valence-electron chi connectivity index (χ4n) is 3.88. The molecule has 1 N–H and O–H groups in total. The number of hydrogen-bond acceptors (Lipinski definition) is 3. The number of halogens is 3. The van der Waals surface area contributed by atoms with Crippen LogP contribution in [0.4, 0.5) is 18.9 Å². The van der Waals surface area contributed by atoms with E-state index in [1.807, 2.05) is 60.7 Å². The molecule has 0 aliphatic carbocycles. The summed E-state index contributed by atoms with van der Waals surface area (Å²) in [6.07, 6.45) is -2.92. The number of anilines is 1. The minimum absolute atomic E-state index is 0.0234. The van der Waals surface area contributed by atoms with Crippen molar-refractivity contribution in [1.29, 1.82) is 0 Å². The Bertz CT molecular complexity index is 1030. The molecule has 1 fully saturated rings. The SMILES string of the molecule is O=C(Nc1cc(C(F)(F)F)ccc1OC[C@@H]1CCCO1)C(c1ccccc1)c1ccccc1. The molecule has 4 nitrogen and oxygen atoms in total. The van der Waals surface area contributed by atoms with Crippen LogP contribution in [-0.2, 0) is 15.7 Å². The zero-order valence-corrected chi connectivity index (χ0v) is 17.8. The maximum Gasteiger partial charge on any atom is 0.416 e. The minimum Gasteiger partial charge on any atom is -0.489 e. The lowest BCUT2D eigenvalue weighted by Crippen LogP contribution is -2.23. The quantitative estimate of drug-likeness (QED) is 0.473. The molecule has 0 unspecified atom stereocenters. The van der Waals surface area contributed by atoms with Crippen LogP contribution in [0.2, 0.25) is 0 Å². The Morgan fingerprint density at radius 2 is 1.64 bits per heavy atom. The van der Waals surface area contributed by atoms with Gasteiger partial charge >= 0.3 is 6.18 Å². The van der Waals surface area contributed by atoms with Gasteiger partial charge < -0.3 is 14.8 Å².